The third-order valence-corrected chi connectivity index (χ3v) is 5.04. The van der Waals surface area contributed by atoms with Gasteiger partial charge >= 0.3 is 0 Å². The van der Waals surface area contributed by atoms with Crippen molar-refractivity contribution in [1.29, 1.82) is 0 Å². The van der Waals surface area contributed by atoms with Crippen LogP contribution in [-0.2, 0) is 9.59 Å². The molecule has 0 saturated heterocycles. The van der Waals surface area contributed by atoms with Crippen LogP contribution in [0.5, 0.6) is 0 Å². The monoisotopic (exact) mass is 345 g/mol. The first-order chi connectivity index (χ1) is 12.0. The van der Waals surface area contributed by atoms with E-state index in [0.29, 0.717) is 19.4 Å². The van der Waals surface area contributed by atoms with Crippen molar-refractivity contribution in [1.82, 2.24) is 4.90 Å². The van der Waals surface area contributed by atoms with Gasteiger partial charge in [0.05, 0.1) is 0 Å². The van der Waals surface area contributed by atoms with Gasteiger partial charge in [-0.1, -0.05) is 13.3 Å². The number of anilines is 2. The molecule has 0 unspecified atom stereocenters. The Balaban J connectivity index is 2.00. The van der Waals surface area contributed by atoms with Gasteiger partial charge in [-0.2, -0.15) is 0 Å². The predicted octanol–water partition coefficient (Wildman–Crippen LogP) is 3.51. The molecule has 1 aromatic carbocycles. The molecule has 2 amide bonds. The maximum atomic E-state index is 12.7. The lowest BCUT2D eigenvalue weighted by atomic mass is 10.0. The molecule has 2 rings (SSSR count). The molecule has 0 radical (unpaired) electrons. The van der Waals surface area contributed by atoms with Crippen LogP contribution in [0, 0.1) is 5.41 Å². The van der Waals surface area contributed by atoms with Gasteiger partial charge in [0.15, 0.2) is 0 Å². The van der Waals surface area contributed by atoms with Crippen molar-refractivity contribution in [3.05, 3.63) is 24.3 Å². The minimum Gasteiger partial charge on any atom is -0.372 e. The standard InChI is InChI=1S/C20H31N3O2/c1-5-8-15-22(4)19(25)20(13-14-20)18(24)21-16-9-11-17(12-10-16)23(6-2)7-3/h9-12H,5-8,13-15H2,1-4H3,(H,21,24). The molecular formula is C20H31N3O2. The molecule has 0 bridgehead atoms. The quantitative estimate of drug-likeness (QED) is 0.697. The van der Waals surface area contributed by atoms with Crippen LogP contribution in [0.4, 0.5) is 11.4 Å². The first-order valence-electron chi connectivity index (χ1n) is 9.40. The van der Waals surface area contributed by atoms with Crippen LogP contribution in [0.15, 0.2) is 24.3 Å². The average molecular weight is 345 g/mol. The highest BCUT2D eigenvalue weighted by atomic mass is 16.2. The zero-order chi connectivity index (χ0) is 18.4. The molecule has 0 aliphatic heterocycles. The zero-order valence-corrected chi connectivity index (χ0v) is 16.0. The molecule has 0 aromatic heterocycles. The minimum absolute atomic E-state index is 0.0433. The summed E-state index contributed by atoms with van der Waals surface area (Å²) < 4.78 is 0. The first-order valence-corrected chi connectivity index (χ1v) is 9.40. The van der Waals surface area contributed by atoms with Gasteiger partial charge in [0.2, 0.25) is 11.8 Å². The Labute approximate surface area is 151 Å². The Morgan fingerprint density at radius 3 is 2.16 bits per heavy atom. The number of unbranched alkanes of at least 4 members (excludes halogenated alkanes) is 1. The molecule has 5 heteroatoms. The molecule has 1 aromatic rings. The maximum Gasteiger partial charge on any atom is 0.240 e. The second kappa shape index (κ2) is 8.37. The Morgan fingerprint density at radius 1 is 1.08 bits per heavy atom. The first kappa shape index (κ1) is 19.3. The number of carbonyl (C=O) groups excluding carboxylic acids is 2. The Kier molecular flexibility index (Phi) is 6.45. The minimum atomic E-state index is -0.847. The number of carbonyl (C=O) groups is 2. The highest BCUT2D eigenvalue weighted by Gasteiger charge is 2.57. The van der Waals surface area contributed by atoms with Gasteiger partial charge in [-0.25, -0.2) is 0 Å². The zero-order valence-electron chi connectivity index (χ0n) is 16.0. The number of nitrogens with zero attached hydrogens (tertiary/aromatic N) is 2. The van der Waals surface area contributed by atoms with Gasteiger partial charge in [0.25, 0.3) is 0 Å². The lowest BCUT2D eigenvalue weighted by molar-refractivity contribution is -0.141. The van der Waals surface area contributed by atoms with Crippen LogP contribution in [0.25, 0.3) is 0 Å². The van der Waals surface area contributed by atoms with Crippen LogP contribution in [0.1, 0.15) is 46.5 Å². The summed E-state index contributed by atoms with van der Waals surface area (Å²) in [5, 5.41) is 2.93. The second-order valence-electron chi connectivity index (χ2n) is 6.84. The van der Waals surface area contributed by atoms with Gasteiger partial charge < -0.3 is 15.1 Å². The molecule has 1 N–H and O–H groups in total. The van der Waals surface area contributed by atoms with Gasteiger partial charge in [0.1, 0.15) is 5.41 Å². The normalized spacial score (nSPS) is 14.7. The van der Waals surface area contributed by atoms with E-state index in [1.807, 2.05) is 24.3 Å². The van der Waals surface area contributed by atoms with Crippen LogP contribution >= 0.6 is 0 Å². The van der Waals surface area contributed by atoms with E-state index in [9.17, 15) is 9.59 Å². The molecule has 0 atom stereocenters. The fraction of sp³-hybridized carbons (Fsp3) is 0.600. The molecule has 138 valence electrons. The van der Waals surface area contributed by atoms with E-state index in [4.69, 9.17) is 0 Å². The van der Waals surface area contributed by atoms with E-state index >= 15 is 0 Å². The second-order valence-corrected chi connectivity index (χ2v) is 6.84. The number of rotatable bonds is 9. The predicted molar refractivity (Wildman–Crippen MR) is 103 cm³/mol. The van der Waals surface area contributed by atoms with E-state index < -0.39 is 5.41 Å². The van der Waals surface area contributed by atoms with E-state index in [1.54, 1.807) is 11.9 Å². The lowest BCUT2D eigenvalue weighted by Crippen LogP contribution is -2.41. The van der Waals surface area contributed by atoms with Gasteiger partial charge in [-0.3, -0.25) is 9.59 Å². The van der Waals surface area contributed by atoms with E-state index in [2.05, 4.69) is 31.0 Å². The summed E-state index contributed by atoms with van der Waals surface area (Å²) in [5.41, 5.74) is 1.04. The third-order valence-electron chi connectivity index (χ3n) is 5.04. The number of hydrogen-bond donors (Lipinski definition) is 1. The largest absolute Gasteiger partial charge is 0.372 e. The maximum absolute atomic E-state index is 12.7. The number of hydrogen-bond acceptors (Lipinski definition) is 3. The summed E-state index contributed by atoms with van der Waals surface area (Å²) in [7, 11) is 1.80. The van der Waals surface area contributed by atoms with Crippen molar-refractivity contribution in [3.63, 3.8) is 0 Å². The van der Waals surface area contributed by atoms with E-state index in [1.165, 1.54) is 0 Å². The summed E-state index contributed by atoms with van der Waals surface area (Å²) in [6.07, 6.45) is 3.29. The highest BCUT2D eigenvalue weighted by molar-refractivity contribution is 6.13. The van der Waals surface area contributed by atoms with E-state index in [-0.39, 0.29) is 11.8 Å². The topological polar surface area (TPSA) is 52.7 Å². The summed E-state index contributed by atoms with van der Waals surface area (Å²) in [4.78, 5) is 29.3. The molecule has 1 aliphatic carbocycles. The fourth-order valence-electron chi connectivity index (χ4n) is 3.12. The number of nitrogens with one attached hydrogen (secondary N) is 1. The molecule has 25 heavy (non-hydrogen) atoms. The Bertz CT molecular complexity index is 589. The Morgan fingerprint density at radius 2 is 1.68 bits per heavy atom. The van der Waals surface area contributed by atoms with E-state index in [0.717, 1.165) is 37.3 Å². The van der Waals surface area contributed by atoms with Gasteiger partial charge in [-0.05, 0) is 57.4 Å². The summed E-state index contributed by atoms with van der Waals surface area (Å²) in [6.45, 7) is 8.95. The summed E-state index contributed by atoms with van der Waals surface area (Å²) in [6, 6.07) is 7.84. The summed E-state index contributed by atoms with van der Waals surface area (Å²) >= 11 is 0. The lowest BCUT2D eigenvalue weighted by Gasteiger charge is -2.23. The molecule has 0 heterocycles. The SMILES string of the molecule is CCCCN(C)C(=O)C1(C(=O)Nc2ccc(N(CC)CC)cc2)CC1. The average Bonchev–Trinajstić information content (AvgIpc) is 3.43. The summed E-state index contributed by atoms with van der Waals surface area (Å²) in [5.74, 6) is -0.213. The van der Waals surface area contributed by atoms with Crippen molar-refractivity contribution in [2.75, 3.05) is 36.9 Å². The molecule has 0 spiro atoms. The Hall–Kier alpha value is -2.04. The fourth-order valence-corrected chi connectivity index (χ4v) is 3.12. The number of amides is 2. The van der Waals surface area contributed by atoms with Crippen LogP contribution in [0.3, 0.4) is 0 Å². The highest BCUT2D eigenvalue weighted by Crippen LogP contribution is 2.48. The van der Waals surface area contributed by atoms with Crippen molar-refractivity contribution in [2.45, 2.75) is 46.5 Å². The van der Waals surface area contributed by atoms with Crippen LogP contribution in [0.2, 0.25) is 0 Å². The van der Waals surface area contributed by atoms with Crippen molar-refractivity contribution in [2.24, 2.45) is 5.41 Å². The third kappa shape index (κ3) is 4.33. The van der Waals surface area contributed by atoms with Crippen molar-refractivity contribution < 1.29 is 9.59 Å². The van der Waals surface area contributed by atoms with Crippen LogP contribution < -0.4 is 10.2 Å². The van der Waals surface area contributed by atoms with Crippen LogP contribution in [-0.4, -0.2) is 43.4 Å². The van der Waals surface area contributed by atoms with Gasteiger partial charge in [0, 0.05) is 38.1 Å². The van der Waals surface area contributed by atoms with Crippen molar-refractivity contribution >= 4 is 23.2 Å². The molecule has 5 nitrogen and oxygen atoms in total. The molecule has 1 aliphatic rings. The smallest absolute Gasteiger partial charge is 0.240 e. The molecule has 1 fully saturated rings. The number of benzene rings is 1. The molecule has 1 saturated carbocycles. The van der Waals surface area contributed by atoms with Crippen molar-refractivity contribution in [3.8, 4) is 0 Å². The molecular weight excluding hydrogens is 314 g/mol. The van der Waals surface area contributed by atoms with Gasteiger partial charge in [-0.15, -0.1) is 0 Å².